The largest absolute Gasteiger partial charge is 0.491 e. The number of hydrogen-bond donors (Lipinski definition) is 2. The summed E-state index contributed by atoms with van der Waals surface area (Å²) in [6.45, 7) is 4.09. The van der Waals surface area contributed by atoms with Crippen molar-refractivity contribution in [2.75, 3.05) is 19.7 Å². The predicted octanol–water partition coefficient (Wildman–Crippen LogP) is 2.76. The first-order chi connectivity index (χ1) is 10.2. The third-order valence-corrected chi connectivity index (χ3v) is 4.65. The quantitative estimate of drug-likeness (QED) is 0.734. The summed E-state index contributed by atoms with van der Waals surface area (Å²) in [5.41, 5.74) is 1.18. The summed E-state index contributed by atoms with van der Waals surface area (Å²) < 4.78 is 5.64. The van der Waals surface area contributed by atoms with E-state index in [2.05, 4.69) is 5.32 Å². The van der Waals surface area contributed by atoms with E-state index in [0.717, 1.165) is 30.0 Å². The second kappa shape index (κ2) is 6.80. The molecule has 1 unspecified atom stereocenters. The average Bonchev–Trinajstić information content (AvgIpc) is 3.35. The third kappa shape index (κ3) is 4.72. The lowest BCUT2D eigenvalue weighted by molar-refractivity contribution is 0.105. The Labute approximate surface area is 127 Å². The number of hydrogen-bond acceptors (Lipinski definition) is 3. The Bertz CT molecular complexity index is 442. The Morgan fingerprint density at radius 1 is 1.19 bits per heavy atom. The first-order valence-electron chi connectivity index (χ1n) is 8.30. The molecule has 116 valence electrons. The topological polar surface area (TPSA) is 41.5 Å². The van der Waals surface area contributed by atoms with E-state index < -0.39 is 6.10 Å². The van der Waals surface area contributed by atoms with Gasteiger partial charge in [0.05, 0.1) is 0 Å². The molecule has 0 saturated heterocycles. The van der Waals surface area contributed by atoms with E-state index in [1.165, 1.54) is 31.2 Å². The third-order valence-electron chi connectivity index (χ3n) is 4.65. The first-order valence-corrected chi connectivity index (χ1v) is 8.30. The molecule has 0 amide bonds. The summed E-state index contributed by atoms with van der Waals surface area (Å²) in [5.74, 6) is 3.62. The van der Waals surface area contributed by atoms with Gasteiger partial charge in [-0.2, -0.15) is 0 Å². The molecule has 1 atom stereocenters. The molecule has 0 aliphatic heterocycles. The molecule has 1 aromatic carbocycles. The van der Waals surface area contributed by atoms with E-state index in [0.29, 0.717) is 13.2 Å². The molecule has 3 heteroatoms. The Morgan fingerprint density at radius 2 is 1.90 bits per heavy atom. The zero-order chi connectivity index (χ0) is 14.7. The zero-order valence-electron chi connectivity index (χ0n) is 12.9. The number of aliphatic hydroxyl groups excluding tert-OH is 1. The Hall–Kier alpha value is -1.06. The molecule has 3 nitrogen and oxygen atoms in total. The number of ether oxygens (including phenoxy) is 1. The zero-order valence-corrected chi connectivity index (χ0v) is 12.9. The average molecular weight is 289 g/mol. The van der Waals surface area contributed by atoms with Gasteiger partial charge in [0.1, 0.15) is 18.5 Å². The summed E-state index contributed by atoms with van der Waals surface area (Å²) in [6.07, 6.45) is 5.23. The molecule has 21 heavy (non-hydrogen) atoms. The minimum Gasteiger partial charge on any atom is -0.491 e. The van der Waals surface area contributed by atoms with Crippen molar-refractivity contribution in [3.8, 4) is 5.75 Å². The van der Waals surface area contributed by atoms with Crippen LogP contribution in [0.25, 0.3) is 0 Å². The lowest BCUT2D eigenvalue weighted by Crippen LogP contribution is -2.35. The highest BCUT2D eigenvalue weighted by atomic mass is 16.5. The molecule has 2 aliphatic rings. The maximum Gasteiger partial charge on any atom is 0.119 e. The normalized spacial score (nSPS) is 19.8. The van der Waals surface area contributed by atoms with Crippen molar-refractivity contribution in [2.24, 2.45) is 17.8 Å². The van der Waals surface area contributed by atoms with Gasteiger partial charge in [-0.1, -0.05) is 12.1 Å². The number of nitrogens with one attached hydrogen (secondary N) is 1. The molecular weight excluding hydrogens is 262 g/mol. The van der Waals surface area contributed by atoms with E-state index in [9.17, 15) is 5.11 Å². The molecule has 1 aromatic rings. The van der Waals surface area contributed by atoms with Crippen molar-refractivity contribution >= 4 is 0 Å². The van der Waals surface area contributed by atoms with Crippen LogP contribution in [0.3, 0.4) is 0 Å². The van der Waals surface area contributed by atoms with Crippen LogP contribution in [0.2, 0.25) is 0 Å². The maximum absolute atomic E-state index is 10.0. The van der Waals surface area contributed by atoms with Gasteiger partial charge in [-0.15, -0.1) is 0 Å². The summed E-state index contributed by atoms with van der Waals surface area (Å²) in [7, 11) is 0. The summed E-state index contributed by atoms with van der Waals surface area (Å²) in [6, 6.07) is 7.95. The molecule has 3 rings (SSSR count). The second-order valence-electron chi connectivity index (χ2n) is 6.78. The smallest absolute Gasteiger partial charge is 0.119 e. The van der Waals surface area contributed by atoms with Gasteiger partial charge in [0.15, 0.2) is 0 Å². The lowest BCUT2D eigenvalue weighted by Gasteiger charge is -2.18. The van der Waals surface area contributed by atoms with Crippen LogP contribution in [0.5, 0.6) is 5.75 Å². The van der Waals surface area contributed by atoms with Gasteiger partial charge in [0.25, 0.3) is 0 Å². The summed E-state index contributed by atoms with van der Waals surface area (Å²) >= 11 is 0. The van der Waals surface area contributed by atoms with Crippen molar-refractivity contribution in [3.63, 3.8) is 0 Å². The maximum atomic E-state index is 10.0. The summed E-state index contributed by atoms with van der Waals surface area (Å²) in [4.78, 5) is 0. The van der Waals surface area contributed by atoms with Crippen LogP contribution in [0, 0.1) is 24.7 Å². The van der Waals surface area contributed by atoms with Crippen molar-refractivity contribution in [1.82, 2.24) is 5.32 Å². The van der Waals surface area contributed by atoms with E-state index in [1.54, 1.807) is 0 Å². The molecule has 2 fully saturated rings. The van der Waals surface area contributed by atoms with Gasteiger partial charge in [0.2, 0.25) is 0 Å². The molecule has 2 saturated carbocycles. The van der Waals surface area contributed by atoms with Gasteiger partial charge in [-0.05, 0) is 74.6 Å². The van der Waals surface area contributed by atoms with E-state index in [1.807, 2.05) is 31.2 Å². The number of aliphatic hydroxyl groups is 1. The number of aryl methyl sites for hydroxylation is 1. The Balaban J connectivity index is 1.33. The minimum atomic E-state index is -0.440. The fraction of sp³-hybridized carbons (Fsp3) is 0.667. The molecule has 0 aromatic heterocycles. The van der Waals surface area contributed by atoms with Crippen molar-refractivity contribution < 1.29 is 9.84 Å². The molecule has 0 spiro atoms. The number of rotatable bonds is 9. The second-order valence-corrected chi connectivity index (χ2v) is 6.78. The molecule has 2 aliphatic carbocycles. The van der Waals surface area contributed by atoms with Gasteiger partial charge in [-0.3, -0.25) is 0 Å². The highest BCUT2D eigenvalue weighted by molar-refractivity contribution is 5.27. The highest BCUT2D eigenvalue weighted by Gasteiger charge is 2.40. The van der Waals surface area contributed by atoms with Crippen LogP contribution in [-0.2, 0) is 0 Å². The predicted molar refractivity (Wildman–Crippen MR) is 84.5 cm³/mol. The number of benzene rings is 1. The van der Waals surface area contributed by atoms with E-state index in [-0.39, 0.29) is 0 Å². The van der Waals surface area contributed by atoms with Crippen LogP contribution in [0.1, 0.15) is 31.2 Å². The molecule has 0 heterocycles. The standard InChI is InChI=1S/C18H27NO2/c1-13-3-2-4-17(9-13)21-12-16(20)10-19-11-18(14-5-6-14)15-7-8-15/h2-4,9,14-16,18-20H,5-8,10-12H2,1H3. The van der Waals surface area contributed by atoms with Crippen LogP contribution in [0.15, 0.2) is 24.3 Å². The highest BCUT2D eigenvalue weighted by Crippen LogP contribution is 2.48. The Kier molecular flexibility index (Phi) is 4.81. The molecule has 0 bridgehead atoms. The SMILES string of the molecule is Cc1cccc(OCC(O)CNCC(C2CC2)C2CC2)c1. The Morgan fingerprint density at radius 3 is 2.52 bits per heavy atom. The van der Waals surface area contributed by atoms with E-state index >= 15 is 0 Å². The van der Waals surface area contributed by atoms with Crippen LogP contribution < -0.4 is 10.1 Å². The molecule has 0 radical (unpaired) electrons. The van der Waals surface area contributed by atoms with Crippen molar-refractivity contribution in [1.29, 1.82) is 0 Å². The van der Waals surface area contributed by atoms with Gasteiger partial charge in [0, 0.05) is 6.54 Å². The van der Waals surface area contributed by atoms with Crippen LogP contribution in [0.4, 0.5) is 0 Å². The van der Waals surface area contributed by atoms with E-state index in [4.69, 9.17) is 4.74 Å². The van der Waals surface area contributed by atoms with Gasteiger partial charge >= 0.3 is 0 Å². The fourth-order valence-corrected chi connectivity index (χ4v) is 3.14. The lowest BCUT2D eigenvalue weighted by atomic mass is 9.98. The fourth-order valence-electron chi connectivity index (χ4n) is 3.14. The van der Waals surface area contributed by atoms with Gasteiger partial charge in [-0.25, -0.2) is 0 Å². The van der Waals surface area contributed by atoms with Crippen LogP contribution >= 0.6 is 0 Å². The van der Waals surface area contributed by atoms with Gasteiger partial charge < -0.3 is 15.2 Å². The van der Waals surface area contributed by atoms with Crippen LogP contribution in [-0.4, -0.2) is 30.9 Å². The first kappa shape index (κ1) is 14.9. The molecular formula is C18H27NO2. The van der Waals surface area contributed by atoms with Crippen molar-refractivity contribution in [2.45, 2.75) is 38.7 Å². The monoisotopic (exact) mass is 289 g/mol. The van der Waals surface area contributed by atoms with Crippen molar-refractivity contribution in [3.05, 3.63) is 29.8 Å². The molecule has 2 N–H and O–H groups in total. The minimum absolute atomic E-state index is 0.355. The summed E-state index contributed by atoms with van der Waals surface area (Å²) in [5, 5.41) is 13.5.